The molecule has 0 aliphatic heterocycles. The van der Waals surface area contributed by atoms with Gasteiger partial charge in [-0.3, -0.25) is 4.79 Å². The van der Waals surface area contributed by atoms with E-state index in [-0.39, 0.29) is 11.5 Å². The molecule has 78 valence electrons. The van der Waals surface area contributed by atoms with Crippen LogP contribution in [-0.4, -0.2) is 29.6 Å². The second kappa shape index (κ2) is 6.27. The van der Waals surface area contributed by atoms with Gasteiger partial charge in [-0.25, -0.2) is 0 Å². The van der Waals surface area contributed by atoms with Gasteiger partial charge in [-0.1, -0.05) is 0 Å². The molecule has 0 unspecified atom stereocenters. The maximum atomic E-state index is 10.9. The molecule has 0 rings (SSSR count). The Morgan fingerprint density at radius 3 is 2.62 bits per heavy atom. The second-order valence-corrected chi connectivity index (χ2v) is 4.70. The van der Waals surface area contributed by atoms with Gasteiger partial charge in [-0.05, 0) is 20.8 Å². The maximum Gasteiger partial charge on any atom is 0.306 e. The Morgan fingerprint density at radius 2 is 2.15 bits per heavy atom. The van der Waals surface area contributed by atoms with E-state index < -0.39 is 0 Å². The van der Waals surface area contributed by atoms with Gasteiger partial charge in [0, 0.05) is 17.0 Å². The third-order valence-electron chi connectivity index (χ3n) is 1.23. The second-order valence-electron chi connectivity index (χ2n) is 3.60. The average molecular weight is 205 g/mol. The van der Waals surface area contributed by atoms with Gasteiger partial charge in [0.25, 0.3) is 0 Å². The Morgan fingerprint density at radius 1 is 1.54 bits per heavy atom. The molecule has 3 nitrogen and oxygen atoms in total. The number of carbonyl (C=O) groups excluding carboxylic acids is 1. The highest BCUT2D eigenvalue weighted by Gasteiger charge is 2.10. The van der Waals surface area contributed by atoms with E-state index in [0.717, 1.165) is 11.5 Å². The van der Waals surface area contributed by atoms with Gasteiger partial charge in [-0.2, -0.15) is 11.8 Å². The van der Waals surface area contributed by atoms with E-state index >= 15 is 0 Å². The lowest BCUT2D eigenvalue weighted by Gasteiger charge is -2.17. The highest BCUT2D eigenvalue weighted by Crippen LogP contribution is 2.10. The van der Waals surface area contributed by atoms with E-state index in [1.807, 2.05) is 20.8 Å². The van der Waals surface area contributed by atoms with Crippen LogP contribution >= 0.6 is 11.8 Å². The Labute approximate surface area is 84.4 Å². The first-order chi connectivity index (χ1) is 5.95. The number of thioether (sulfide) groups is 1. The van der Waals surface area contributed by atoms with Crippen LogP contribution in [0.2, 0.25) is 0 Å². The molecule has 0 heterocycles. The van der Waals surface area contributed by atoms with Crippen molar-refractivity contribution in [2.45, 2.75) is 32.7 Å². The quantitative estimate of drug-likeness (QED) is 0.526. The van der Waals surface area contributed by atoms with Crippen molar-refractivity contribution in [1.82, 2.24) is 0 Å². The molecule has 0 fully saturated rings. The molecule has 0 aromatic heterocycles. The molecule has 0 aromatic rings. The summed E-state index contributed by atoms with van der Waals surface area (Å²) >= 11 is 1.69. The SMILES string of the molecule is CCOC(=O)CCSCC(C)(C)N. The standard InChI is InChI=1S/C9H19NO2S/c1-4-12-8(11)5-6-13-7-9(2,3)10/h4-7,10H2,1-3H3. The van der Waals surface area contributed by atoms with Gasteiger partial charge in [0.2, 0.25) is 0 Å². The van der Waals surface area contributed by atoms with E-state index in [2.05, 4.69) is 0 Å². The van der Waals surface area contributed by atoms with Crippen LogP contribution in [-0.2, 0) is 9.53 Å². The molecule has 0 spiro atoms. The molecule has 0 radical (unpaired) electrons. The van der Waals surface area contributed by atoms with Crippen molar-refractivity contribution < 1.29 is 9.53 Å². The van der Waals surface area contributed by atoms with E-state index in [1.54, 1.807) is 11.8 Å². The Kier molecular flexibility index (Phi) is 6.16. The van der Waals surface area contributed by atoms with Crippen molar-refractivity contribution in [3.63, 3.8) is 0 Å². The fourth-order valence-corrected chi connectivity index (χ4v) is 1.71. The lowest BCUT2D eigenvalue weighted by molar-refractivity contribution is -0.142. The number of nitrogens with two attached hydrogens (primary N) is 1. The van der Waals surface area contributed by atoms with Crippen LogP contribution in [0.5, 0.6) is 0 Å². The number of rotatable bonds is 6. The van der Waals surface area contributed by atoms with Crippen molar-refractivity contribution >= 4 is 17.7 Å². The van der Waals surface area contributed by atoms with E-state index in [9.17, 15) is 4.79 Å². The first-order valence-corrected chi connectivity index (χ1v) is 5.63. The van der Waals surface area contributed by atoms with Crippen molar-refractivity contribution in [3.8, 4) is 0 Å². The third-order valence-corrected chi connectivity index (χ3v) is 2.67. The van der Waals surface area contributed by atoms with Crippen LogP contribution in [0.4, 0.5) is 0 Å². The zero-order chi connectivity index (χ0) is 10.3. The van der Waals surface area contributed by atoms with Gasteiger partial charge in [0.05, 0.1) is 13.0 Å². The van der Waals surface area contributed by atoms with Crippen LogP contribution in [0.3, 0.4) is 0 Å². The molecule has 0 amide bonds. The largest absolute Gasteiger partial charge is 0.466 e. The van der Waals surface area contributed by atoms with Crippen LogP contribution < -0.4 is 5.73 Å². The van der Waals surface area contributed by atoms with Crippen LogP contribution in [0.25, 0.3) is 0 Å². The monoisotopic (exact) mass is 205 g/mol. The topological polar surface area (TPSA) is 52.3 Å². The number of ether oxygens (including phenoxy) is 1. The van der Waals surface area contributed by atoms with E-state index in [4.69, 9.17) is 10.5 Å². The molecule has 0 aliphatic rings. The predicted molar refractivity (Wildman–Crippen MR) is 56.8 cm³/mol. The minimum atomic E-state index is -0.153. The molecular weight excluding hydrogens is 186 g/mol. The molecule has 2 N–H and O–H groups in total. The molecular formula is C9H19NO2S. The summed E-state index contributed by atoms with van der Waals surface area (Å²) in [6, 6.07) is 0. The maximum absolute atomic E-state index is 10.9. The van der Waals surface area contributed by atoms with E-state index in [0.29, 0.717) is 13.0 Å². The molecule has 0 bridgehead atoms. The molecule has 0 saturated carbocycles. The Bertz CT molecular complexity index is 154. The van der Waals surface area contributed by atoms with Crippen LogP contribution in [0, 0.1) is 0 Å². The summed E-state index contributed by atoms with van der Waals surface area (Å²) in [5.74, 6) is 1.54. The number of esters is 1. The summed E-state index contributed by atoms with van der Waals surface area (Å²) in [4.78, 5) is 10.9. The lowest BCUT2D eigenvalue weighted by Crippen LogP contribution is -2.34. The van der Waals surface area contributed by atoms with Gasteiger partial charge >= 0.3 is 5.97 Å². The van der Waals surface area contributed by atoms with Crippen LogP contribution in [0.15, 0.2) is 0 Å². The fraction of sp³-hybridized carbons (Fsp3) is 0.889. The van der Waals surface area contributed by atoms with Crippen molar-refractivity contribution in [1.29, 1.82) is 0 Å². The minimum Gasteiger partial charge on any atom is -0.466 e. The number of hydrogen-bond acceptors (Lipinski definition) is 4. The van der Waals surface area contributed by atoms with E-state index in [1.165, 1.54) is 0 Å². The highest BCUT2D eigenvalue weighted by molar-refractivity contribution is 7.99. The molecule has 0 aromatic carbocycles. The average Bonchev–Trinajstić information content (AvgIpc) is 1.97. The molecule has 0 saturated heterocycles. The minimum absolute atomic E-state index is 0.121. The molecule has 13 heavy (non-hydrogen) atoms. The van der Waals surface area contributed by atoms with Gasteiger partial charge in [0.1, 0.15) is 0 Å². The van der Waals surface area contributed by atoms with Crippen molar-refractivity contribution in [2.75, 3.05) is 18.1 Å². The normalized spacial score (nSPS) is 11.4. The molecule has 4 heteroatoms. The molecule has 0 atom stereocenters. The summed E-state index contributed by atoms with van der Waals surface area (Å²) in [5.41, 5.74) is 5.62. The predicted octanol–water partition coefficient (Wildman–Crippen LogP) is 1.41. The third kappa shape index (κ3) is 9.70. The first kappa shape index (κ1) is 12.8. The summed E-state index contributed by atoms with van der Waals surface area (Å²) in [6.07, 6.45) is 0.481. The first-order valence-electron chi connectivity index (χ1n) is 4.48. The van der Waals surface area contributed by atoms with Crippen molar-refractivity contribution in [2.24, 2.45) is 5.73 Å². The number of carbonyl (C=O) groups is 1. The smallest absolute Gasteiger partial charge is 0.306 e. The zero-order valence-electron chi connectivity index (χ0n) is 8.63. The van der Waals surface area contributed by atoms with Crippen molar-refractivity contribution in [3.05, 3.63) is 0 Å². The summed E-state index contributed by atoms with van der Waals surface area (Å²) in [7, 11) is 0. The number of hydrogen-bond donors (Lipinski definition) is 1. The van der Waals surface area contributed by atoms with Gasteiger partial charge in [0.15, 0.2) is 0 Å². The fourth-order valence-electron chi connectivity index (χ4n) is 0.724. The highest BCUT2D eigenvalue weighted by atomic mass is 32.2. The summed E-state index contributed by atoms with van der Waals surface area (Å²) in [6.45, 7) is 6.23. The Hall–Kier alpha value is -0.220. The Balaban J connectivity index is 3.31. The van der Waals surface area contributed by atoms with Crippen LogP contribution in [0.1, 0.15) is 27.2 Å². The summed E-state index contributed by atoms with van der Waals surface area (Å²) < 4.78 is 4.79. The van der Waals surface area contributed by atoms with Gasteiger partial charge in [-0.15, -0.1) is 0 Å². The zero-order valence-corrected chi connectivity index (χ0v) is 9.45. The molecule has 0 aliphatic carbocycles. The summed E-state index contributed by atoms with van der Waals surface area (Å²) in [5, 5.41) is 0. The van der Waals surface area contributed by atoms with Gasteiger partial charge < -0.3 is 10.5 Å². The lowest BCUT2D eigenvalue weighted by atomic mass is 10.1.